The summed E-state index contributed by atoms with van der Waals surface area (Å²) in [7, 11) is 0. The van der Waals surface area contributed by atoms with Crippen molar-refractivity contribution in [3.05, 3.63) is 0 Å². The minimum absolute atomic E-state index is 0.0131. The predicted octanol–water partition coefficient (Wildman–Crippen LogP) is 3.18. The lowest BCUT2D eigenvalue weighted by atomic mass is 10.1. The molecule has 1 unspecified atom stereocenters. The minimum Gasteiger partial charge on any atom is -0.315 e. The van der Waals surface area contributed by atoms with Crippen LogP contribution in [0.3, 0.4) is 0 Å². The maximum atomic E-state index is 11.7. The molecule has 0 rings (SSSR count). The molecule has 0 fully saturated rings. The zero-order chi connectivity index (χ0) is 11.2. The van der Waals surface area contributed by atoms with Crippen molar-refractivity contribution in [2.45, 2.75) is 38.2 Å². The molecule has 0 saturated heterocycles. The van der Waals surface area contributed by atoms with Crippen molar-refractivity contribution in [3.8, 4) is 0 Å². The Bertz CT molecular complexity index is 147. The number of halogens is 4. The lowest BCUT2D eigenvalue weighted by Crippen LogP contribution is -2.28. The highest BCUT2D eigenvalue weighted by Gasteiger charge is 2.25. The van der Waals surface area contributed by atoms with Gasteiger partial charge in [-0.25, -0.2) is 0 Å². The monoisotopic (exact) mass is 231 g/mol. The van der Waals surface area contributed by atoms with Crippen LogP contribution in [-0.4, -0.2) is 24.6 Å². The van der Waals surface area contributed by atoms with Gasteiger partial charge in [-0.2, -0.15) is 13.2 Å². The molecule has 0 aliphatic heterocycles. The van der Waals surface area contributed by atoms with E-state index < -0.39 is 12.6 Å². The Labute approximate surface area is 88.0 Å². The first-order valence-corrected chi connectivity index (χ1v) is 5.18. The van der Waals surface area contributed by atoms with Gasteiger partial charge in [0.15, 0.2) is 0 Å². The molecule has 86 valence electrons. The average molecular weight is 232 g/mol. The third-order valence-corrected chi connectivity index (χ3v) is 2.53. The van der Waals surface area contributed by atoms with Gasteiger partial charge in [0.25, 0.3) is 0 Å². The molecule has 0 aliphatic rings. The minimum atomic E-state index is -4.04. The van der Waals surface area contributed by atoms with Gasteiger partial charge in [0.2, 0.25) is 0 Å². The SMILES string of the molecule is CC(C)C(Cl)CNCCCC(F)(F)F. The van der Waals surface area contributed by atoms with E-state index in [1.54, 1.807) is 0 Å². The summed E-state index contributed by atoms with van der Waals surface area (Å²) in [5.74, 6) is 0.340. The standard InChI is InChI=1S/C9H17ClF3N/c1-7(2)8(10)6-14-5-3-4-9(11,12)13/h7-8,14H,3-6H2,1-2H3. The zero-order valence-electron chi connectivity index (χ0n) is 8.49. The molecule has 0 aromatic heterocycles. The molecule has 0 radical (unpaired) electrons. The fourth-order valence-electron chi connectivity index (χ4n) is 0.889. The summed E-state index contributed by atoms with van der Waals surface area (Å²) in [4.78, 5) is 0. The van der Waals surface area contributed by atoms with E-state index in [1.807, 2.05) is 13.8 Å². The molecule has 14 heavy (non-hydrogen) atoms. The van der Waals surface area contributed by atoms with Crippen LogP contribution >= 0.6 is 11.6 Å². The fourth-order valence-corrected chi connectivity index (χ4v) is 0.999. The van der Waals surface area contributed by atoms with Crippen LogP contribution in [0.4, 0.5) is 13.2 Å². The highest BCUT2D eigenvalue weighted by atomic mass is 35.5. The molecule has 0 aromatic rings. The number of nitrogens with one attached hydrogen (secondary N) is 1. The van der Waals surface area contributed by atoms with E-state index in [1.165, 1.54) is 0 Å². The van der Waals surface area contributed by atoms with E-state index in [0.717, 1.165) is 0 Å². The van der Waals surface area contributed by atoms with Gasteiger partial charge in [-0.05, 0) is 18.9 Å². The van der Waals surface area contributed by atoms with E-state index >= 15 is 0 Å². The molecular weight excluding hydrogens is 215 g/mol. The lowest BCUT2D eigenvalue weighted by Gasteiger charge is -2.14. The number of hydrogen-bond donors (Lipinski definition) is 1. The quantitative estimate of drug-likeness (QED) is 0.547. The van der Waals surface area contributed by atoms with E-state index in [9.17, 15) is 13.2 Å². The highest BCUT2D eigenvalue weighted by molar-refractivity contribution is 6.20. The molecule has 1 nitrogen and oxygen atoms in total. The molecule has 1 N–H and O–H groups in total. The zero-order valence-corrected chi connectivity index (χ0v) is 9.25. The maximum Gasteiger partial charge on any atom is 0.389 e. The van der Waals surface area contributed by atoms with Crippen molar-refractivity contribution in [2.75, 3.05) is 13.1 Å². The lowest BCUT2D eigenvalue weighted by molar-refractivity contribution is -0.135. The number of rotatable bonds is 6. The highest BCUT2D eigenvalue weighted by Crippen LogP contribution is 2.20. The van der Waals surface area contributed by atoms with E-state index in [4.69, 9.17) is 11.6 Å². The molecule has 1 atom stereocenters. The first kappa shape index (κ1) is 14.0. The maximum absolute atomic E-state index is 11.7. The Balaban J connectivity index is 3.30. The number of alkyl halides is 4. The molecular formula is C9H17ClF3N. The summed E-state index contributed by atoms with van der Waals surface area (Å²) in [5, 5.41) is 2.89. The summed E-state index contributed by atoms with van der Waals surface area (Å²) in [6, 6.07) is 0. The van der Waals surface area contributed by atoms with Gasteiger partial charge in [0, 0.05) is 18.3 Å². The van der Waals surface area contributed by atoms with Crippen molar-refractivity contribution in [3.63, 3.8) is 0 Å². The van der Waals surface area contributed by atoms with Crippen molar-refractivity contribution in [1.29, 1.82) is 0 Å². The first-order chi connectivity index (χ1) is 6.33. The second kappa shape index (κ2) is 6.51. The van der Waals surface area contributed by atoms with E-state index in [2.05, 4.69) is 5.32 Å². The predicted molar refractivity (Wildman–Crippen MR) is 52.6 cm³/mol. The normalized spacial score (nSPS) is 14.8. The van der Waals surface area contributed by atoms with Crippen LogP contribution in [0.25, 0.3) is 0 Å². The average Bonchev–Trinajstić information content (AvgIpc) is 2.01. The van der Waals surface area contributed by atoms with E-state index in [-0.39, 0.29) is 11.8 Å². The second-order valence-electron chi connectivity index (χ2n) is 3.68. The van der Waals surface area contributed by atoms with Crippen LogP contribution in [0.2, 0.25) is 0 Å². The van der Waals surface area contributed by atoms with E-state index in [0.29, 0.717) is 19.0 Å². The molecule has 5 heteroatoms. The van der Waals surface area contributed by atoms with Gasteiger partial charge in [0.05, 0.1) is 0 Å². The third-order valence-electron chi connectivity index (χ3n) is 1.88. The number of hydrogen-bond acceptors (Lipinski definition) is 1. The van der Waals surface area contributed by atoms with Crippen molar-refractivity contribution in [2.24, 2.45) is 5.92 Å². The Morgan fingerprint density at radius 2 is 1.86 bits per heavy atom. The van der Waals surface area contributed by atoms with Gasteiger partial charge in [-0.1, -0.05) is 13.8 Å². The Kier molecular flexibility index (Phi) is 6.53. The Morgan fingerprint density at radius 1 is 1.29 bits per heavy atom. The summed E-state index contributed by atoms with van der Waals surface area (Å²) in [6.07, 6.45) is -4.65. The van der Waals surface area contributed by atoms with Crippen molar-refractivity contribution < 1.29 is 13.2 Å². The van der Waals surface area contributed by atoms with Gasteiger partial charge >= 0.3 is 6.18 Å². The summed E-state index contributed by atoms with van der Waals surface area (Å²) in [6.45, 7) is 4.90. The van der Waals surface area contributed by atoms with Crippen LogP contribution in [0.1, 0.15) is 26.7 Å². The summed E-state index contributed by atoms with van der Waals surface area (Å²) in [5.41, 5.74) is 0. The van der Waals surface area contributed by atoms with Gasteiger partial charge in [0.1, 0.15) is 0 Å². The van der Waals surface area contributed by atoms with Gasteiger partial charge in [-0.3, -0.25) is 0 Å². The molecule has 0 amide bonds. The van der Waals surface area contributed by atoms with Crippen LogP contribution in [-0.2, 0) is 0 Å². The van der Waals surface area contributed by atoms with Crippen molar-refractivity contribution in [1.82, 2.24) is 5.32 Å². The summed E-state index contributed by atoms with van der Waals surface area (Å²) < 4.78 is 35.1. The first-order valence-electron chi connectivity index (χ1n) is 4.74. The Morgan fingerprint density at radius 3 is 2.29 bits per heavy atom. The van der Waals surface area contributed by atoms with Gasteiger partial charge in [-0.15, -0.1) is 11.6 Å². The van der Waals surface area contributed by atoms with Crippen LogP contribution in [0, 0.1) is 5.92 Å². The molecule has 0 heterocycles. The molecule has 0 aliphatic carbocycles. The molecule has 0 saturated carbocycles. The smallest absolute Gasteiger partial charge is 0.315 e. The van der Waals surface area contributed by atoms with Crippen molar-refractivity contribution >= 4 is 11.6 Å². The van der Waals surface area contributed by atoms with Crippen LogP contribution in [0.5, 0.6) is 0 Å². The third kappa shape index (κ3) is 8.63. The van der Waals surface area contributed by atoms with Crippen LogP contribution in [0.15, 0.2) is 0 Å². The topological polar surface area (TPSA) is 12.0 Å². The Hall–Kier alpha value is 0.0400. The molecule has 0 spiro atoms. The summed E-state index contributed by atoms with van der Waals surface area (Å²) >= 11 is 5.90. The van der Waals surface area contributed by atoms with Crippen LogP contribution < -0.4 is 5.32 Å². The second-order valence-corrected chi connectivity index (χ2v) is 4.24. The molecule has 0 bridgehead atoms. The fraction of sp³-hybridized carbons (Fsp3) is 1.00. The van der Waals surface area contributed by atoms with Gasteiger partial charge < -0.3 is 5.32 Å². The molecule has 0 aromatic carbocycles. The largest absolute Gasteiger partial charge is 0.389 e.